The highest BCUT2D eigenvalue weighted by Gasteiger charge is 2.42. The van der Waals surface area contributed by atoms with Crippen LogP contribution < -0.4 is 5.32 Å². The first kappa shape index (κ1) is 19.5. The lowest BCUT2D eigenvalue weighted by atomic mass is 10.0. The zero-order chi connectivity index (χ0) is 19.6. The molecule has 6 heteroatoms. The molecule has 0 saturated carbocycles. The largest absolute Gasteiger partial charge is 0.353 e. The van der Waals surface area contributed by atoms with Crippen LogP contribution in [0.25, 0.3) is 0 Å². The molecule has 2 atom stereocenters. The van der Waals surface area contributed by atoms with E-state index in [1.165, 1.54) is 12.8 Å². The van der Waals surface area contributed by atoms with Crippen LogP contribution >= 0.6 is 0 Å². The highest BCUT2D eigenvalue weighted by Crippen LogP contribution is 2.27. The van der Waals surface area contributed by atoms with Gasteiger partial charge in [0.1, 0.15) is 6.04 Å². The van der Waals surface area contributed by atoms with Gasteiger partial charge in [-0.1, -0.05) is 26.0 Å². The SMILES string of the molecule is CC(C)CC(C(=O)NCC(C)N1CCCC1)N1C(=O)c2ccccc2C1=O. The summed E-state index contributed by atoms with van der Waals surface area (Å²) in [6.45, 7) is 8.73. The van der Waals surface area contributed by atoms with Crippen molar-refractivity contribution < 1.29 is 14.4 Å². The highest BCUT2D eigenvalue weighted by atomic mass is 16.2. The van der Waals surface area contributed by atoms with Crippen molar-refractivity contribution in [2.75, 3.05) is 19.6 Å². The van der Waals surface area contributed by atoms with Crippen molar-refractivity contribution >= 4 is 17.7 Å². The molecule has 2 heterocycles. The van der Waals surface area contributed by atoms with Crippen molar-refractivity contribution in [2.24, 2.45) is 5.92 Å². The quantitative estimate of drug-likeness (QED) is 0.747. The van der Waals surface area contributed by atoms with E-state index in [1.807, 2.05) is 13.8 Å². The zero-order valence-electron chi connectivity index (χ0n) is 16.4. The second kappa shape index (κ2) is 8.21. The number of rotatable bonds is 7. The fraction of sp³-hybridized carbons (Fsp3) is 0.571. The number of fused-ring (bicyclic) bond motifs is 1. The second-order valence-corrected chi connectivity index (χ2v) is 8.01. The first-order valence-electron chi connectivity index (χ1n) is 9.88. The Labute approximate surface area is 160 Å². The van der Waals surface area contributed by atoms with E-state index in [-0.39, 0.29) is 29.7 Å². The molecule has 0 radical (unpaired) electrons. The molecule has 146 valence electrons. The maximum Gasteiger partial charge on any atom is 0.262 e. The number of hydrogen-bond acceptors (Lipinski definition) is 4. The lowest BCUT2D eigenvalue weighted by Gasteiger charge is -2.29. The minimum Gasteiger partial charge on any atom is -0.353 e. The van der Waals surface area contributed by atoms with Gasteiger partial charge in [-0.05, 0) is 57.3 Å². The molecular weight excluding hydrogens is 342 g/mol. The molecule has 1 aromatic carbocycles. The lowest BCUT2D eigenvalue weighted by molar-refractivity contribution is -0.125. The van der Waals surface area contributed by atoms with Gasteiger partial charge in [0.15, 0.2) is 0 Å². The average molecular weight is 371 g/mol. The molecule has 0 aliphatic carbocycles. The third-order valence-corrected chi connectivity index (χ3v) is 5.47. The summed E-state index contributed by atoms with van der Waals surface area (Å²) in [5, 5.41) is 2.98. The molecule has 0 aromatic heterocycles. The van der Waals surface area contributed by atoms with Crippen molar-refractivity contribution in [1.29, 1.82) is 0 Å². The van der Waals surface area contributed by atoms with Crippen molar-refractivity contribution in [1.82, 2.24) is 15.1 Å². The van der Waals surface area contributed by atoms with Gasteiger partial charge in [-0.2, -0.15) is 0 Å². The van der Waals surface area contributed by atoms with Gasteiger partial charge >= 0.3 is 0 Å². The van der Waals surface area contributed by atoms with Gasteiger partial charge in [0.2, 0.25) is 5.91 Å². The number of imide groups is 1. The predicted octanol–water partition coefficient (Wildman–Crippen LogP) is 2.30. The fourth-order valence-corrected chi connectivity index (χ4v) is 3.94. The molecule has 1 fully saturated rings. The number of likely N-dealkylation sites (tertiary alicyclic amines) is 1. The van der Waals surface area contributed by atoms with Crippen LogP contribution in [-0.4, -0.2) is 59.2 Å². The topological polar surface area (TPSA) is 69.7 Å². The van der Waals surface area contributed by atoms with Crippen molar-refractivity contribution in [3.8, 4) is 0 Å². The van der Waals surface area contributed by atoms with E-state index in [9.17, 15) is 14.4 Å². The Balaban J connectivity index is 1.73. The average Bonchev–Trinajstić information content (AvgIpc) is 3.26. The van der Waals surface area contributed by atoms with E-state index >= 15 is 0 Å². The molecule has 3 amide bonds. The summed E-state index contributed by atoms with van der Waals surface area (Å²) in [5.41, 5.74) is 0.768. The smallest absolute Gasteiger partial charge is 0.262 e. The van der Waals surface area contributed by atoms with E-state index in [0.29, 0.717) is 24.1 Å². The zero-order valence-corrected chi connectivity index (χ0v) is 16.4. The van der Waals surface area contributed by atoms with E-state index in [2.05, 4.69) is 17.1 Å². The molecule has 1 N–H and O–H groups in total. The molecule has 2 aliphatic heterocycles. The maximum atomic E-state index is 13.0. The predicted molar refractivity (Wildman–Crippen MR) is 103 cm³/mol. The first-order chi connectivity index (χ1) is 12.9. The highest BCUT2D eigenvalue weighted by molar-refractivity contribution is 6.22. The minimum absolute atomic E-state index is 0.182. The number of benzene rings is 1. The number of carbonyl (C=O) groups is 3. The summed E-state index contributed by atoms with van der Waals surface area (Å²) in [6, 6.07) is 6.25. The first-order valence-corrected chi connectivity index (χ1v) is 9.88. The summed E-state index contributed by atoms with van der Waals surface area (Å²) >= 11 is 0. The molecule has 2 aliphatic rings. The van der Waals surface area contributed by atoms with E-state index in [4.69, 9.17) is 0 Å². The molecular formula is C21H29N3O3. The van der Waals surface area contributed by atoms with Crippen LogP contribution in [0, 0.1) is 5.92 Å². The lowest BCUT2D eigenvalue weighted by Crippen LogP contribution is -2.52. The van der Waals surface area contributed by atoms with E-state index in [0.717, 1.165) is 18.0 Å². The van der Waals surface area contributed by atoms with Gasteiger partial charge in [-0.15, -0.1) is 0 Å². The Bertz CT molecular complexity index is 690. The van der Waals surface area contributed by atoms with Crippen LogP contribution in [0.5, 0.6) is 0 Å². The van der Waals surface area contributed by atoms with Crippen LogP contribution in [0.3, 0.4) is 0 Å². The monoisotopic (exact) mass is 371 g/mol. The van der Waals surface area contributed by atoms with Crippen LogP contribution in [0.15, 0.2) is 24.3 Å². The van der Waals surface area contributed by atoms with Gasteiger partial charge in [0, 0.05) is 12.6 Å². The van der Waals surface area contributed by atoms with Gasteiger partial charge in [-0.3, -0.25) is 24.2 Å². The molecule has 6 nitrogen and oxygen atoms in total. The summed E-state index contributed by atoms with van der Waals surface area (Å²) in [4.78, 5) is 42.1. The molecule has 27 heavy (non-hydrogen) atoms. The molecule has 2 unspecified atom stereocenters. The van der Waals surface area contributed by atoms with Crippen LogP contribution in [0.2, 0.25) is 0 Å². The summed E-state index contributed by atoms with van der Waals surface area (Å²) < 4.78 is 0. The third kappa shape index (κ3) is 4.05. The molecule has 1 aromatic rings. The van der Waals surface area contributed by atoms with E-state index in [1.54, 1.807) is 24.3 Å². The van der Waals surface area contributed by atoms with Gasteiger partial charge in [-0.25, -0.2) is 0 Å². The Hall–Kier alpha value is -2.21. The Morgan fingerprint density at radius 1 is 1.04 bits per heavy atom. The standard InChI is InChI=1S/C21H29N3O3/c1-14(2)12-18(19(25)22-13-15(3)23-10-6-7-11-23)24-20(26)16-8-4-5-9-17(16)21(24)27/h4-5,8-9,14-15,18H,6-7,10-13H2,1-3H3,(H,22,25). The number of amides is 3. The normalized spacial score (nSPS) is 19.5. The van der Waals surface area contributed by atoms with Crippen molar-refractivity contribution in [2.45, 2.75) is 52.1 Å². The van der Waals surface area contributed by atoms with E-state index < -0.39 is 6.04 Å². The summed E-state index contributed by atoms with van der Waals surface area (Å²) in [7, 11) is 0. The summed E-state index contributed by atoms with van der Waals surface area (Å²) in [5.74, 6) is -0.807. The Kier molecular flexibility index (Phi) is 5.95. The van der Waals surface area contributed by atoms with Gasteiger partial charge in [0.05, 0.1) is 11.1 Å². The fourth-order valence-electron chi connectivity index (χ4n) is 3.94. The van der Waals surface area contributed by atoms with Crippen LogP contribution in [0.1, 0.15) is 60.7 Å². The third-order valence-electron chi connectivity index (χ3n) is 5.47. The summed E-state index contributed by atoms with van der Waals surface area (Å²) in [6.07, 6.45) is 2.85. The van der Waals surface area contributed by atoms with Crippen LogP contribution in [0.4, 0.5) is 0 Å². The molecule has 0 spiro atoms. The van der Waals surface area contributed by atoms with Gasteiger partial charge in [0.25, 0.3) is 11.8 Å². The van der Waals surface area contributed by atoms with Crippen molar-refractivity contribution in [3.63, 3.8) is 0 Å². The van der Waals surface area contributed by atoms with Gasteiger partial charge < -0.3 is 5.32 Å². The molecule has 3 rings (SSSR count). The maximum absolute atomic E-state index is 13.0. The number of carbonyl (C=O) groups excluding carboxylic acids is 3. The molecule has 1 saturated heterocycles. The Morgan fingerprint density at radius 2 is 1.59 bits per heavy atom. The van der Waals surface area contributed by atoms with Crippen molar-refractivity contribution in [3.05, 3.63) is 35.4 Å². The minimum atomic E-state index is -0.775. The Morgan fingerprint density at radius 3 is 2.11 bits per heavy atom. The van der Waals surface area contributed by atoms with Crippen LogP contribution in [-0.2, 0) is 4.79 Å². The number of hydrogen-bond donors (Lipinski definition) is 1. The number of nitrogens with zero attached hydrogens (tertiary/aromatic N) is 2. The second-order valence-electron chi connectivity index (χ2n) is 8.01. The molecule has 0 bridgehead atoms. The number of nitrogens with one attached hydrogen (secondary N) is 1.